The van der Waals surface area contributed by atoms with E-state index in [1.165, 1.54) is 30.1 Å². The first-order valence-corrected chi connectivity index (χ1v) is 8.15. The van der Waals surface area contributed by atoms with E-state index in [4.69, 9.17) is 4.74 Å². The molecule has 0 N–H and O–H groups in total. The average Bonchev–Trinajstić information content (AvgIpc) is 2.93. The summed E-state index contributed by atoms with van der Waals surface area (Å²) in [5.74, 6) is -0.811. The van der Waals surface area contributed by atoms with Gasteiger partial charge < -0.3 is 9.30 Å². The summed E-state index contributed by atoms with van der Waals surface area (Å²) in [6.07, 6.45) is -3.43. The number of ether oxygens (including phenoxy) is 1. The quantitative estimate of drug-likeness (QED) is 0.797. The van der Waals surface area contributed by atoms with E-state index in [-0.39, 0.29) is 23.9 Å². The van der Waals surface area contributed by atoms with Crippen molar-refractivity contribution in [3.05, 3.63) is 41.7 Å². The monoisotopic (exact) mass is 349 g/mol. The zero-order valence-electron chi connectivity index (χ0n) is 12.1. The van der Waals surface area contributed by atoms with Crippen molar-refractivity contribution in [2.45, 2.75) is 23.6 Å². The predicted octanol–water partition coefficient (Wildman–Crippen LogP) is 1.92. The third-order valence-electron chi connectivity index (χ3n) is 3.06. The molecule has 10 heteroatoms. The lowest BCUT2D eigenvalue weighted by atomic mass is 10.1. The highest BCUT2D eigenvalue weighted by Gasteiger charge is 2.35. The molecule has 23 heavy (non-hydrogen) atoms. The fourth-order valence-electron chi connectivity index (χ4n) is 2.02. The maximum absolute atomic E-state index is 13.0. The number of hydrogen-bond acceptors (Lipinski definition) is 5. The van der Waals surface area contributed by atoms with Gasteiger partial charge in [-0.05, 0) is 11.6 Å². The molecule has 0 unspecified atom stereocenters. The van der Waals surface area contributed by atoms with Gasteiger partial charge in [-0.3, -0.25) is 0 Å². The number of aromatic nitrogens is 3. The number of halogens is 3. The molecule has 0 radical (unpaired) electrons. The second-order valence-corrected chi connectivity index (χ2v) is 6.60. The van der Waals surface area contributed by atoms with Crippen molar-refractivity contribution in [2.24, 2.45) is 0 Å². The van der Waals surface area contributed by atoms with E-state index < -0.39 is 27.3 Å². The molecule has 0 fully saturated rings. The van der Waals surface area contributed by atoms with Crippen LogP contribution in [-0.4, -0.2) is 36.9 Å². The lowest BCUT2D eigenvalue weighted by molar-refractivity contribution is -0.138. The standard InChI is InChI=1S/C13H14F3N3O3S/c1-22-7-6-19-9-17-18-12(19)23(20,21)8-10-4-2-3-5-11(10)13(14,15)16/h2-5,9H,6-8H2,1H3. The van der Waals surface area contributed by atoms with Crippen LogP contribution in [0.2, 0.25) is 0 Å². The summed E-state index contributed by atoms with van der Waals surface area (Å²) in [6.45, 7) is 0.401. The lowest BCUT2D eigenvalue weighted by Crippen LogP contribution is -2.17. The van der Waals surface area contributed by atoms with Crippen LogP contribution in [-0.2, 0) is 33.0 Å². The molecule has 1 heterocycles. The van der Waals surface area contributed by atoms with Gasteiger partial charge in [-0.15, -0.1) is 10.2 Å². The molecule has 0 atom stereocenters. The Morgan fingerprint density at radius 1 is 1.26 bits per heavy atom. The van der Waals surface area contributed by atoms with Gasteiger partial charge in [0, 0.05) is 13.7 Å². The Balaban J connectivity index is 2.35. The van der Waals surface area contributed by atoms with Crippen LogP contribution in [0, 0.1) is 0 Å². The minimum Gasteiger partial charge on any atom is -0.383 e. The predicted molar refractivity (Wildman–Crippen MR) is 74.2 cm³/mol. The van der Waals surface area contributed by atoms with Crippen molar-refractivity contribution in [3.8, 4) is 0 Å². The molecule has 2 aromatic rings. The SMILES string of the molecule is COCCn1cnnc1S(=O)(=O)Cc1ccccc1C(F)(F)F. The van der Waals surface area contributed by atoms with Crippen LogP contribution in [0.1, 0.15) is 11.1 Å². The molecule has 0 spiro atoms. The number of sulfone groups is 1. The molecular formula is C13H14F3N3O3S. The number of alkyl halides is 3. The molecule has 0 saturated carbocycles. The van der Waals surface area contributed by atoms with E-state index >= 15 is 0 Å². The van der Waals surface area contributed by atoms with Gasteiger partial charge in [-0.1, -0.05) is 18.2 Å². The molecular weight excluding hydrogens is 335 g/mol. The van der Waals surface area contributed by atoms with Crippen LogP contribution < -0.4 is 0 Å². The fourth-order valence-corrected chi connectivity index (χ4v) is 3.48. The second-order valence-electron chi connectivity index (χ2n) is 4.71. The summed E-state index contributed by atoms with van der Waals surface area (Å²) in [6, 6.07) is 4.55. The Kier molecular flexibility index (Phi) is 5.05. The highest BCUT2D eigenvalue weighted by Crippen LogP contribution is 2.33. The van der Waals surface area contributed by atoms with E-state index in [0.717, 1.165) is 12.1 Å². The van der Waals surface area contributed by atoms with Gasteiger partial charge in [0.25, 0.3) is 0 Å². The van der Waals surface area contributed by atoms with Gasteiger partial charge in [0.05, 0.1) is 17.9 Å². The minimum atomic E-state index is -4.63. The van der Waals surface area contributed by atoms with Gasteiger partial charge in [-0.25, -0.2) is 8.42 Å². The van der Waals surface area contributed by atoms with Gasteiger partial charge in [0.1, 0.15) is 6.33 Å². The molecule has 0 amide bonds. The van der Waals surface area contributed by atoms with E-state index in [1.54, 1.807) is 0 Å². The number of benzene rings is 1. The Labute approximate surface area is 130 Å². The largest absolute Gasteiger partial charge is 0.416 e. The zero-order valence-corrected chi connectivity index (χ0v) is 12.9. The summed E-state index contributed by atoms with van der Waals surface area (Å²) in [4.78, 5) is 0. The number of methoxy groups -OCH3 is 1. The van der Waals surface area contributed by atoms with Crippen molar-refractivity contribution >= 4 is 9.84 Å². The smallest absolute Gasteiger partial charge is 0.383 e. The van der Waals surface area contributed by atoms with Crippen LogP contribution in [0.3, 0.4) is 0 Å². The topological polar surface area (TPSA) is 74.1 Å². The summed E-state index contributed by atoms with van der Waals surface area (Å²) in [5, 5.41) is 6.64. The molecule has 0 saturated heterocycles. The Hall–Kier alpha value is -1.94. The number of hydrogen-bond donors (Lipinski definition) is 0. The summed E-state index contributed by atoms with van der Waals surface area (Å²) >= 11 is 0. The molecule has 0 bridgehead atoms. The average molecular weight is 349 g/mol. The van der Waals surface area contributed by atoms with Crippen molar-refractivity contribution < 1.29 is 26.3 Å². The molecule has 0 aliphatic rings. The minimum absolute atomic E-state index is 0.180. The van der Waals surface area contributed by atoms with E-state index in [0.29, 0.717) is 0 Å². The zero-order chi connectivity index (χ0) is 17.1. The maximum atomic E-state index is 13.0. The van der Waals surface area contributed by atoms with Crippen LogP contribution in [0.5, 0.6) is 0 Å². The Morgan fingerprint density at radius 2 is 1.96 bits per heavy atom. The normalized spacial score (nSPS) is 12.5. The van der Waals surface area contributed by atoms with E-state index in [1.807, 2.05) is 0 Å². The summed E-state index contributed by atoms with van der Waals surface area (Å²) in [7, 11) is -2.64. The molecule has 6 nitrogen and oxygen atoms in total. The van der Waals surface area contributed by atoms with Crippen LogP contribution in [0.25, 0.3) is 0 Å². The molecule has 0 aliphatic carbocycles. The van der Waals surface area contributed by atoms with E-state index in [2.05, 4.69) is 10.2 Å². The third kappa shape index (κ3) is 4.08. The van der Waals surface area contributed by atoms with Crippen LogP contribution >= 0.6 is 0 Å². The van der Waals surface area contributed by atoms with Crippen molar-refractivity contribution in [2.75, 3.05) is 13.7 Å². The van der Waals surface area contributed by atoms with Gasteiger partial charge in [-0.2, -0.15) is 13.2 Å². The van der Waals surface area contributed by atoms with Gasteiger partial charge in [0.2, 0.25) is 15.0 Å². The van der Waals surface area contributed by atoms with Crippen molar-refractivity contribution in [3.63, 3.8) is 0 Å². The molecule has 1 aromatic carbocycles. The lowest BCUT2D eigenvalue weighted by Gasteiger charge is -2.13. The molecule has 1 aromatic heterocycles. The maximum Gasteiger partial charge on any atom is 0.416 e. The highest BCUT2D eigenvalue weighted by molar-refractivity contribution is 7.90. The molecule has 0 aliphatic heterocycles. The van der Waals surface area contributed by atoms with Crippen molar-refractivity contribution in [1.82, 2.24) is 14.8 Å². The Morgan fingerprint density at radius 3 is 2.61 bits per heavy atom. The first-order valence-electron chi connectivity index (χ1n) is 6.50. The summed E-state index contributed by atoms with van der Waals surface area (Å²) in [5.41, 5.74) is -1.31. The molecule has 126 valence electrons. The molecule has 2 rings (SSSR count). The fraction of sp³-hybridized carbons (Fsp3) is 0.385. The Bertz CT molecular complexity index is 772. The van der Waals surface area contributed by atoms with Gasteiger partial charge >= 0.3 is 6.18 Å². The number of rotatable bonds is 6. The van der Waals surface area contributed by atoms with Crippen LogP contribution in [0.4, 0.5) is 13.2 Å². The third-order valence-corrected chi connectivity index (χ3v) is 4.63. The van der Waals surface area contributed by atoms with Crippen LogP contribution in [0.15, 0.2) is 35.7 Å². The highest BCUT2D eigenvalue weighted by atomic mass is 32.2. The van der Waals surface area contributed by atoms with Gasteiger partial charge in [0.15, 0.2) is 0 Å². The second kappa shape index (κ2) is 6.67. The number of nitrogens with zero attached hydrogens (tertiary/aromatic N) is 3. The summed E-state index contributed by atoms with van der Waals surface area (Å²) < 4.78 is 69.8. The first kappa shape index (κ1) is 17.4. The van der Waals surface area contributed by atoms with Crippen molar-refractivity contribution in [1.29, 1.82) is 0 Å². The van der Waals surface area contributed by atoms with E-state index in [9.17, 15) is 21.6 Å². The first-order chi connectivity index (χ1) is 10.8.